The first-order chi connectivity index (χ1) is 11.7. The molecule has 0 atom stereocenters. The van der Waals surface area contributed by atoms with E-state index in [0.717, 1.165) is 24.2 Å². The fourth-order valence-electron chi connectivity index (χ4n) is 2.87. The van der Waals surface area contributed by atoms with Gasteiger partial charge < -0.3 is 10.1 Å². The van der Waals surface area contributed by atoms with E-state index in [1.165, 1.54) is 36.3 Å². The van der Waals surface area contributed by atoms with E-state index in [1.807, 2.05) is 24.3 Å². The van der Waals surface area contributed by atoms with Crippen molar-refractivity contribution in [2.45, 2.75) is 45.1 Å². The maximum Gasteiger partial charge on any atom is 0.321 e. The summed E-state index contributed by atoms with van der Waals surface area (Å²) in [6.45, 7) is 0.453. The van der Waals surface area contributed by atoms with Crippen LogP contribution in [0.1, 0.15) is 41.8 Å². The third kappa shape index (κ3) is 4.47. The third-order valence-electron chi connectivity index (χ3n) is 4.15. The lowest BCUT2D eigenvalue weighted by Gasteiger charge is -2.07. The minimum atomic E-state index is -0.223. The molecule has 0 aliphatic heterocycles. The number of urea groups is 1. The molecule has 2 amide bonds. The van der Waals surface area contributed by atoms with Crippen LogP contribution in [0.15, 0.2) is 24.3 Å². The predicted molar refractivity (Wildman–Crippen MR) is 96.8 cm³/mol. The molecular weight excluding hydrogens is 322 g/mol. The summed E-state index contributed by atoms with van der Waals surface area (Å²) in [6.07, 6.45) is 7.09. The number of benzene rings is 1. The maximum atomic E-state index is 12.1. The van der Waals surface area contributed by atoms with E-state index in [2.05, 4.69) is 15.6 Å². The first-order valence-electron chi connectivity index (χ1n) is 8.41. The van der Waals surface area contributed by atoms with Gasteiger partial charge in [-0.1, -0.05) is 25.0 Å². The Morgan fingerprint density at radius 3 is 2.92 bits per heavy atom. The summed E-state index contributed by atoms with van der Waals surface area (Å²) in [7, 11) is 1.63. The first-order valence-corrected chi connectivity index (χ1v) is 9.22. The predicted octanol–water partition coefficient (Wildman–Crippen LogP) is 4.13. The van der Waals surface area contributed by atoms with Crippen LogP contribution in [0, 0.1) is 0 Å². The number of amides is 2. The summed E-state index contributed by atoms with van der Waals surface area (Å²) >= 11 is 1.61. The topological polar surface area (TPSA) is 63.2 Å². The van der Waals surface area contributed by atoms with Crippen molar-refractivity contribution in [1.29, 1.82) is 0 Å². The summed E-state index contributed by atoms with van der Waals surface area (Å²) in [4.78, 5) is 18.0. The highest BCUT2D eigenvalue weighted by atomic mass is 32.1. The Kier molecular flexibility index (Phi) is 5.69. The molecule has 1 aromatic heterocycles. The van der Waals surface area contributed by atoms with Crippen LogP contribution in [0.25, 0.3) is 0 Å². The van der Waals surface area contributed by atoms with Gasteiger partial charge in [0.1, 0.15) is 5.75 Å². The van der Waals surface area contributed by atoms with Crippen molar-refractivity contribution in [3.63, 3.8) is 0 Å². The largest absolute Gasteiger partial charge is 0.497 e. The van der Waals surface area contributed by atoms with Crippen molar-refractivity contribution in [2.75, 3.05) is 12.4 Å². The molecule has 1 heterocycles. The Labute approximate surface area is 146 Å². The molecule has 0 unspecified atom stereocenters. The molecule has 6 heteroatoms. The monoisotopic (exact) mass is 345 g/mol. The number of nitrogens with one attached hydrogen (secondary N) is 2. The summed E-state index contributed by atoms with van der Waals surface area (Å²) in [5.74, 6) is 0.787. The normalized spacial score (nSPS) is 14.2. The van der Waals surface area contributed by atoms with E-state index in [-0.39, 0.29) is 6.03 Å². The molecule has 2 N–H and O–H groups in total. The fourth-order valence-corrected chi connectivity index (χ4v) is 3.91. The lowest BCUT2D eigenvalue weighted by molar-refractivity contribution is 0.251. The molecule has 0 fully saturated rings. The van der Waals surface area contributed by atoms with Crippen molar-refractivity contribution in [2.24, 2.45) is 0 Å². The van der Waals surface area contributed by atoms with Crippen LogP contribution in [-0.4, -0.2) is 18.1 Å². The number of aryl methyl sites for hydroxylation is 2. The molecule has 1 aliphatic carbocycles. The highest BCUT2D eigenvalue weighted by molar-refractivity contribution is 7.15. The summed E-state index contributed by atoms with van der Waals surface area (Å²) in [5.41, 5.74) is 2.17. The number of ether oxygens (including phenoxy) is 1. The van der Waals surface area contributed by atoms with Crippen molar-refractivity contribution in [3.05, 3.63) is 40.4 Å². The molecule has 128 valence electrons. The van der Waals surface area contributed by atoms with Crippen molar-refractivity contribution < 1.29 is 9.53 Å². The number of nitrogens with zero attached hydrogens (tertiary/aromatic N) is 1. The third-order valence-corrected chi connectivity index (χ3v) is 5.23. The summed E-state index contributed by atoms with van der Waals surface area (Å²) in [6, 6.07) is 7.44. The van der Waals surface area contributed by atoms with Gasteiger partial charge in [-0.2, -0.15) is 0 Å². The highest BCUT2D eigenvalue weighted by Crippen LogP contribution is 2.28. The van der Waals surface area contributed by atoms with E-state index in [4.69, 9.17) is 4.74 Å². The number of rotatable bonds is 4. The van der Waals surface area contributed by atoms with Crippen LogP contribution in [0.2, 0.25) is 0 Å². The SMILES string of the molecule is COc1cccc(CNC(=O)Nc2nc3c(s2)CCCCCC3)c1. The van der Waals surface area contributed by atoms with Crippen LogP contribution in [0.3, 0.4) is 0 Å². The van der Waals surface area contributed by atoms with Gasteiger partial charge in [-0.25, -0.2) is 9.78 Å². The van der Waals surface area contributed by atoms with Crippen molar-refractivity contribution in [1.82, 2.24) is 10.3 Å². The van der Waals surface area contributed by atoms with Crippen molar-refractivity contribution >= 4 is 22.5 Å². The zero-order valence-corrected chi connectivity index (χ0v) is 14.7. The van der Waals surface area contributed by atoms with Gasteiger partial charge in [-0.3, -0.25) is 5.32 Å². The molecule has 0 bridgehead atoms. The molecule has 1 aromatic carbocycles. The van der Waals surface area contributed by atoms with Gasteiger partial charge in [-0.05, 0) is 43.4 Å². The number of anilines is 1. The Morgan fingerprint density at radius 2 is 2.08 bits per heavy atom. The van der Waals surface area contributed by atoms with E-state index < -0.39 is 0 Å². The summed E-state index contributed by atoms with van der Waals surface area (Å²) < 4.78 is 5.19. The van der Waals surface area contributed by atoms with Crippen LogP contribution < -0.4 is 15.4 Å². The zero-order valence-electron chi connectivity index (χ0n) is 13.9. The van der Waals surface area contributed by atoms with Crippen LogP contribution >= 0.6 is 11.3 Å². The second-order valence-corrected chi connectivity index (χ2v) is 7.05. The molecular formula is C18H23N3O2S. The molecule has 0 saturated carbocycles. The standard InChI is InChI=1S/C18H23N3O2S/c1-23-14-8-6-7-13(11-14)12-19-17(22)21-18-20-15-9-4-2-3-5-10-16(15)24-18/h6-8,11H,2-5,9-10,12H2,1H3,(H2,19,20,21,22). The number of fused-ring (bicyclic) bond motifs is 1. The molecule has 3 rings (SSSR count). The highest BCUT2D eigenvalue weighted by Gasteiger charge is 2.14. The number of thiazole rings is 1. The fraction of sp³-hybridized carbons (Fsp3) is 0.444. The Bertz CT molecular complexity index is 674. The van der Waals surface area contributed by atoms with E-state index >= 15 is 0 Å². The van der Waals surface area contributed by atoms with Crippen molar-refractivity contribution in [3.8, 4) is 5.75 Å². The maximum absolute atomic E-state index is 12.1. The molecule has 1 aliphatic rings. The molecule has 0 spiro atoms. The van der Waals surface area contributed by atoms with Gasteiger partial charge >= 0.3 is 6.03 Å². The first kappa shape index (κ1) is 16.8. The van der Waals surface area contributed by atoms with Gasteiger partial charge in [-0.15, -0.1) is 11.3 Å². The number of hydrogen-bond donors (Lipinski definition) is 2. The number of methoxy groups -OCH3 is 1. The lowest BCUT2D eigenvalue weighted by atomic mass is 10.0. The Hall–Kier alpha value is -2.08. The molecule has 5 nitrogen and oxygen atoms in total. The summed E-state index contributed by atoms with van der Waals surface area (Å²) in [5, 5.41) is 6.43. The number of carbonyl (C=O) groups is 1. The van der Waals surface area contributed by atoms with Crippen LogP contribution in [-0.2, 0) is 19.4 Å². The quantitative estimate of drug-likeness (QED) is 0.876. The smallest absolute Gasteiger partial charge is 0.321 e. The lowest BCUT2D eigenvalue weighted by Crippen LogP contribution is -2.28. The molecule has 0 saturated heterocycles. The van der Waals surface area contributed by atoms with Gasteiger partial charge in [0.2, 0.25) is 0 Å². The molecule has 24 heavy (non-hydrogen) atoms. The zero-order chi connectivity index (χ0) is 16.8. The number of carbonyl (C=O) groups excluding carboxylic acids is 1. The second-order valence-electron chi connectivity index (χ2n) is 5.96. The van der Waals surface area contributed by atoms with E-state index in [1.54, 1.807) is 18.4 Å². The minimum Gasteiger partial charge on any atom is -0.497 e. The van der Waals surface area contributed by atoms with E-state index in [0.29, 0.717) is 11.7 Å². The minimum absolute atomic E-state index is 0.223. The molecule has 2 aromatic rings. The average Bonchev–Trinajstić information content (AvgIpc) is 2.94. The van der Waals surface area contributed by atoms with E-state index in [9.17, 15) is 4.79 Å². The number of hydrogen-bond acceptors (Lipinski definition) is 4. The Morgan fingerprint density at radius 1 is 1.25 bits per heavy atom. The van der Waals surface area contributed by atoms with Crippen LogP contribution in [0.5, 0.6) is 5.75 Å². The van der Waals surface area contributed by atoms with Gasteiger partial charge in [0.15, 0.2) is 5.13 Å². The van der Waals surface area contributed by atoms with Gasteiger partial charge in [0, 0.05) is 11.4 Å². The van der Waals surface area contributed by atoms with Gasteiger partial charge in [0.05, 0.1) is 12.8 Å². The van der Waals surface area contributed by atoms with Crippen LogP contribution in [0.4, 0.5) is 9.93 Å². The number of aromatic nitrogens is 1. The Balaban J connectivity index is 1.55. The average molecular weight is 345 g/mol. The van der Waals surface area contributed by atoms with Gasteiger partial charge in [0.25, 0.3) is 0 Å². The second kappa shape index (κ2) is 8.15. The molecule has 0 radical (unpaired) electrons.